The van der Waals surface area contributed by atoms with Crippen molar-refractivity contribution in [1.29, 1.82) is 0 Å². The van der Waals surface area contributed by atoms with Gasteiger partial charge in [0.15, 0.2) is 0 Å². The van der Waals surface area contributed by atoms with Crippen molar-refractivity contribution in [2.24, 2.45) is 0 Å². The molecular weight excluding hydrogens is 304 g/mol. The van der Waals surface area contributed by atoms with Crippen molar-refractivity contribution in [3.63, 3.8) is 0 Å². The second-order valence-corrected chi connectivity index (χ2v) is 5.44. The fourth-order valence-electron chi connectivity index (χ4n) is 1.40. The van der Waals surface area contributed by atoms with E-state index in [0.717, 1.165) is 10.7 Å². The molecule has 0 radical (unpaired) electrons. The maximum absolute atomic E-state index is 3.47. The molecule has 0 nitrogen and oxygen atoms in total. The van der Waals surface area contributed by atoms with Crippen LogP contribution in [-0.4, -0.2) is 10.7 Å². The molecule has 0 rings (SSSR count). The number of hydrogen-bond donors (Lipinski definition) is 0. The Morgan fingerprint density at radius 1 is 0.714 bits per heavy atom. The minimum absolute atomic E-state index is 1.14. The Balaban J connectivity index is 3.66. The highest BCUT2D eigenvalue weighted by molar-refractivity contribution is 9.09. The Hall–Kier alpha value is 0.700. The molecular formula is C12H22Br2. The predicted octanol–water partition coefficient (Wildman–Crippen LogP) is 5.45. The van der Waals surface area contributed by atoms with Crippen molar-refractivity contribution >= 4 is 31.9 Å². The molecule has 0 amide bonds. The average molecular weight is 326 g/mol. The van der Waals surface area contributed by atoms with Gasteiger partial charge in [0.25, 0.3) is 0 Å². The van der Waals surface area contributed by atoms with Crippen LogP contribution in [0.5, 0.6) is 0 Å². The van der Waals surface area contributed by atoms with Gasteiger partial charge in [-0.05, 0) is 52.4 Å². The van der Waals surface area contributed by atoms with E-state index in [1.807, 2.05) is 0 Å². The summed E-state index contributed by atoms with van der Waals surface area (Å²) in [6.07, 6.45) is 7.81. The average Bonchev–Trinajstić information content (AvgIpc) is 2.18. The zero-order chi connectivity index (χ0) is 10.8. The quantitative estimate of drug-likeness (QED) is 0.316. The lowest BCUT2D eigenvalue weighted by Crippen LogP contribution is -1.88. The molecule has 0 atom stereocenters. The molecule has 0 aromatic rings. The van der Waals surface area contributed by atoms with Crippen LogP contribution in [0.2, 0.25) is 0 Å². The molecule has 0 unspecified atom stereocenters. The smallest absolute Gasteiger partial charge is 0.00314 e. The van der Waals surface area contributed by atoms with Gasteiger partial charge in [0.2, 0.25) is 0 Å². The first kappa shape index (κ1) is 14.7. The van der Waals surface area contributed by atoms with Crippen molar-refractivity contribution in [2.75, 3.05) is 10.7 Å². The minimum Gasteiger partial charge on any atom is -0.0928 e. The zero-order valence-electron chi connectivity index (χ0n) is 9.41. The molecule has 0 bridgehead atoms. The third kappa shape index (κ3) is 8.05. The van der Waals surface area contributed by atoms with Gasteiger partial charge >= 0.3 is 0 Å². The van der Waals surface area contributed by atoms with Crippen LogP contribution in [0.25, 0.3) is 0 Å². The third-order valence-corrected chi connectivity index (χ3v) is 3.72. The van der Waals surface area contributed by atoms with Crippen LogP contribution in [0.4, 0.5) is 0 Å². The second-order valence-electron chi connectivity index (χ2n) is 3.85. The van der Waals surface area contributed by atoms with E-state index in [1.165, 1.54) is 38.5 Å². The highest BCUT2D eigenvalue weighted by Gasteiger charge is 1.97. The van der Waals surface area contributed by atoms with Gasteiger partial charge in [-0.2, -0.15) is 0 Å². The normalized spacial score (nSPS) is 12.9. The van der Waals surface area contributed by atoms with Gasteiger partial charge in [0, 0.05) is 10.7 Å². The first-order valence-electron chi connectivity index (χ1n) is 5.49. The van der Waals surface area contributed by atoms with Crippen LogP contribution < -0.4 is 0 Å². The Morgan fingerprint density at radius 3 is 1.36 bits per heavy atom. The highest BCUT2D eigenvalue weighted by Crippen LogP contribution is 2.17. The largest absolute Gasteiger partial charge is 0.0928 e. The lowest BCUT2D eigenvalue weighted by atomic mass is 10.0. The molecule has 0 aliphatic heterocycles. The Bertz CT molecular complexity index is 144. The molecule has 2 heteroatoms. The summed E-state index contributed by atoms with van der Waals surface area (Å²) in [5.74, 6) is 0. The number of allylic oxidation sites excluding steroid dienone is 2. The van der Waals surface area contributed by atoms with E-state index in [2.05, 4.69) is 45.7 Å². The van der Waals surface area contributed by atoms with Crippen molar-refractivity contribution in [3.8, 4) is 0 Å². The summed E-state index contributed by atoms with van der Waals surface area (Å²) >= 11 is 6.93. The number of unbranched alkanes of at least 4 members (excludes halogenated alkanes) is 2. The first-order valence-corrected chi connectivity index (χ1v) is 7.73. The van der Waals surface area contributed by atoms with Crippen LogP contribution in [-0.2, 0) is 0 Å². The van der Waals surface area contributed by atoms with E-state index in [1.54, 1.807) is 11.1 Å². The van der Waals surface area contributed by atoms with Crippen LogP contribution in [0.1, 0.15) is 52.4 Å². The van der Waals surface area contributed by atoms with Gasteiger partial charge in [-0.15, -0.1) is 0 Å². The van der Waals surface area contributed by atoms with Gasteiger partial charge in [0.05, 0.1) is 0 Å². The zero-order valence-corrected chi connectivity index (χ0v) is 12.6. The molecule has 0 heterocycles. The Labute approximate surface area is 106 Å². The molecule has 0 saturated heterocycles. The lowest BCUT2D eigenvalue weighted by molar-refractivity contribution is 0.753. The molecule has 14 heavy (non-hydrogen) atoms. The van der Waals surface area contributed by atoms with Crippen LogP contribution >= 0.6 is 31.9 Å². The van der Waals surface area contributed by atoms with Gasteiger partial charge in [-0.3, -0.25) is 0 Å². The number of alkyl halides is 2. The SMILES string of the molecule is C/C(CCCCBr)=C(/C)CCCCBr. The van der Waals surface area contributed by atoms with E-state index in [4.69, 9.17) is 0 Å². The highest BCUT2D eigenvalue weighted by atomic mass is 79.9. The third-order valence-electron chi connectivity index (χ3n) is 2.60. The van der Waals surface area contributed by atoms with Crippen molar-refractivity contribution < 1.29 is 0 Å². The molecule has 0 N–H and O–H groups in total. The van der Waals surface area contributed by atoms with E-state index in [9.17, 15) is 0 Å². The minimum atomic E-state index is 1.14. The predicted molar refractivity (Wildman–Crippen MR) is 73.7 cm³/mol. The number of halogens is 2. The summed E-state index contributed by atoms with van der Waals surface area (Å²) in [6, 6.07) is 0. The first-order chi connectivity index (χ1) is 6.72. The monoisotopic (exact) mass is 324 g/mol. The van der Waals surface area contributed by atoms with E-state index in [0.29, 0.717) is 0 Å². The summed E-state index contributed by atoms with van der Waals surface area (Å²) in [5, 5.41) is 2.28. The molecule has 0 aromatic heterocycles. The van der Waals surface area contributed by atoms with Crippen molar-refractivity contribution in [3.05, 3.63) is 11.1 Å². The van der Waals surface area contributed by atoms with Gasteiger partial charge in [0.1, 0.15) is 0 Å². The van der Waals surface area contributed by atoms with Crippen LogP contribution in [0.15, 0.2) is 11.1 Å². The van der Waals surface area contributed by atoms with E-state index >= 15 is 0 Å². The summed E-state index contributed by atoms with van der Waals surface area (Å²) in [6.45, 7) is 4.58. The molecule has 0 saturated carbocycles. The lowest BCUT2D eigenvalue weighted by Gasteiger charge is -2.07. The summed E-state index contributed by atoms with van der Waals surface area (Å²) in [4.78, 5) is 0. The summed E-state index contributed by atoms with van der Waals surface area (Å²) in [5.41, 5.74) is 3.22. The maximum atomic E-state index is 3.47. The number of hydrogen-bond acceptors (Lipinski definition) is 0. The van der Waals surface area contributed by atoms with Crippen molar-refractivity contribution in [2.45, 2.75) is 52.4 Å². The Morgan fingerprint density at radius 2 is 1.07 bits per heavy atom. The van der Waals surface area contributed by atoms with E-state index in [-0.39, 0.29) is 0 Å². The number of rotatable bonds is 8. The van der Waals surface area contributed by atoms with Crippen molar-refractivity contribution in [1.82, 2.24) is 0 Å². The summed E-state index contributed by atoms with van der Waals surface area (Å²) in [7, 11) is 0. The van der Waals surface area contributed by atoms with Gasteiger partial charge in [-0.1, -0.05) is 43.0 Å². The molecule has 0 spiro atoms. The van der Waals surface area contributed by atoms with Crippen LogP contribution in [0.3, 0.4) is 0 Å². The fourth-order valence-corrected chi connectivity index (χ4v) is 2.19. The standard InChI is InChI=1S/C12H22Br2/c1-11(7-3-5-9-13)12(2)8-4-6-10-14/h3-10H2,1-2H3/b12-11+. The maximum Gasteiger partial charge on any atom is 0.00314 e. The molecule has 84 valence electrons. The molecule has 0 aliphatic rings. The van der Waals surface area contributed by atoms with Gasteiger partial charge < -0.3 is 0 Å². The summed E-state index contributed by atoms with van der Waals surface area (Å²) < 4.78 is 0. The van der Waals surface area contributed by atoms with Gasteiger partial charge in [-0.25, -0.2) is 0 Å². The van der Waals surface area contributed by atoms with Crippen LogP contribution in [0, 0.1) is 0 Å². The molecule has 0 aromatic carbocycles. The Kier molecular flexibility index (Phi) is 10.7. The van der Waals surface area contributed by atoms with E-state index < -0.39 is 0 Å². The molecule has 0 fully saturated rings. The fraction of sp³-hybridized carbons (Fsp3) is 0.833. The molecule has 0 aliphatic carbocycles. The topological polar surface area (TPSA) is 0 Å². The second kappa shape index (κ2) is 10.2.